The predicted octanol–water partition coefficient (Wildman–Crippen LogP) is 1.30. The zero-order valence-electron chi connectivity index (χ0n) is 4.34. The SMILES string of the molecule is O=CC1SCCC1Cl. The van der Waals surface area contributed by atoms with Crippen LogP contribution >= 0.6 is 23.4 Å². The van der Waals surface area contributed by atoms with Crippen LogP contribution in [-0.2, 0) is 4.79 Å². The summed E-state index contributed by atoms with van der Waals surface area (Å²) >= 11 is 7.38. The van der Waals surface area contributed by atoms with Gasteiger partial charge in [-0.3, -0.25) is 0 Å². The second-order valence-electron chi connectivity index (χ2n) is 1.78. The summed E-state index contributed by atoms with van der Waals surface area (Å²) in [4.78, 5) is 10.1. The van der Waals surface area contributed by atoms with Crippen molar-refractivity contribution in [2.24, 2.45) is 0 Å². The van der Waals surface area contributed by atoms with Crippen LogP contribution in [0.15, 0.2) is 0 Å². The first-order valence-corrected chi connectivity index (χ1v) is 4.04. The molecule has 0 aromatic carbocycles. The topological polar surface area (TPSA) is 17.1 Å². The van der Waals surface area contributed by atoms with Crippen LogP contribution in [0.4, 0.5) is 0 Å². The van der Waals surface area contributed by atoms with Crippen LogP contribution in [0, 0.1) is 0 Å². The molecule has 1 fully saturated rings. The van der Waals surface area contributed by atoms with Crippen molar-refractivity contribution in [1.82, 2.24) is 0 Å². The number of hydrogen-bond donors (Lipinski definition) is 0. The Morgan fingerprint density at radius 1 is 1.75 bits per heavy atom. The Morgan fingerprint density at radius 2 is 2.50 bits per heavy atom. The lowest BCUT2D eigenvalue weighted by Gasteiger charge is -2.00. The highest BCUT2D eigenvalue weighted by Gasteiger charge is 2.24. The Labute approximate surface area is 57.8 Å². The predicted molar refractivity (Wildman–Crippen MR) is 36.6 cm³/mol. The van der Waals surface area contributed by atoms with Gasteiger partial charge in [0.15, 0.2) is 0 Å². The number of rotatable bonds is 1. The van der Waals surface area contributed by atoms with Gasteiger partial charge >= 0.3 is 0 Å². The number of carbonyl (C=O) groups is 1. The third-order valence-electron chi connectivity index (χ3n) is 1.19. The van der Waals surface area contributed by atoms with E-state index in [-0.39, 0.29) is 10.6 Å². The third-order valence-corrected chi connectivity index (χ3v) is 3.13. The molecule has 1 saturated heterocycles. The second kappa shape index (κ2) is 2.74. The second-order valence-corrected chi connectivity index (χ2v) is 3.62. The fraction of sp³-hybridized carbons (Fsp3) is 0.800. The summed E-state index contributed by atoms with van der Waals surface area (Å²) in [7, 11) is 0. The lowest BCUT2D eigenvalue weighted by molar-refractivity contribution is -0.107. The van der Waals surface area contributed by atoms with Gasteiger partial charge in [0, 0.05) is 0 Å². The molecular weight excluding hydrogens is 144 g/mol. The largest absolute Gasteiger partial charge is 0.302 e. The first-order valence-electron chi connectivity index (χ1n) is 2.55. The maximum Gasteiger partial charge on any atom is 0.134 e. The monoisotopic (exact) mass is 150 g/mol. The lowest BCUT2D eigenvalue weighted by atomic mass is 10.3. The Kier molecular flexibility index (Phi) is 2.20. The van der Waals surface area contributed by atoms with Gasteiger partial charge in [0.1, 0.15) is 6.29 Å². The summed E-state index contributed by atoms with van der Waals surface area (Å²) < 4.78 is 0. The first kappa shape index (κ1) is 6.43. The van der Waals surface area contributed by atoms with Crippen molar-refractivity contribution in [3.8, 4) is 0 Å². The minimum atomic E-state index is 0.0664. The van der Waals surface area contributed by atoms with Gasteiger partial charge in [0.05, 0.1) is 10.6 Å². The third kappa shape index (κ3) is 1.17. The van der Waals surface area contributed by atoms with Crippen molar-refractivity contribution < 1.29 is 4.79 Å². The van der Waals surface area contributed by atoms with Crippen LogP contribution in [0.3, 0.4) is 0 Å². The van der Waals surface area contributed by atoms with E-state index in [9.17, 15) is 4.79 Å². The number of hydrogen-bond acceptors (Lipinski definition) is 2. The van der Waals surface area contributed by atoms with Crippen molar-refractivity contribution >= 4 is 29.6 Å². The minimum Gasteiger partial charge on any atom is -0.302 e. The quantitative estimate of drug-likeness (QED) is 0.414. The Bertz CT molecular complexity index is 96.4. The maximum absolute atomic E-state index is 10.1. The highest BCUT2D eigenvalue weighted by molar-refractivity contribution is 8.00. The van der Waals surface area contributed by atoms with Crippen LogP contribution in [0.25, 0.3) is 0 Å². The molecule has 2 atom stereocenters. The molecule has 0 N–H and O–H groups in total. The molecule has 1 aliphatic rings. The van der Waals surface area contributed by atoms with Gasteiger partial charge in [-0.05, 0) is 12.2 Å². The molecule has 0 radical (unpaired) electrons. The summed E-state index contributed by atoms with van der Waals surface area (Å²) in [6, 6.07) is 0. The van der Waals surface area contributed by atoms with Crippen molar-refractivity contribution in [3.63, 3.8) is 0 Å². The molecule has 0 aliphatic carbocycles. The van der Waals surface area contributed by atoms with E-state index in [1.54, 1.807) is 11.8 Å². The zero-order chi connectivity index (χ0) is 5.98. The van der Waals surface area contributed by atoms with Gasteiger partial charge in [0.2, 0.25) is 0 Å². The van der Waals surface area contributed by atoms with E-state index >= 15 is 0 Å². The maximum atomic E-state index is 10.1. The van der Waals surface area contributed by atoms with E-state index in [4.69, 9.17) is 11.6 Å². The fourth-order valence-electron chi connectivity index (χ4n) is 0.710. The van der Waals surface area contributed by atoms with E-state index in [2.05, 4.69) is 0 Å². The van der Waals surface area contributed by atoms with Crippen LogP contribution in [0.1, 0.15) is 6.42 Å². The highest BCUT2D eigenvalue weighted by Crippen LogP contribution is 2.28. The van der Waals surface area contributed by atoms with Crippen molar-refractivity contribution in [2.45, 2.75) is 17.0 Å². The summed E-state index contributed by atoms with van der Waals surface area (Å²) in [5.74, 6) is 1.04. The average Bonchev–Trinajstić information content (AvgIpc) is 2.14. The van der Waals surface area contributed by atoms with Crippen LogP contribution < -0.4 is 0 Å². The summed E-state index contributed by atoms with van der Waals surface area (Å²) in [5, 5.41) is 0.161. The zero-order valence-corrected chi connectivity index (χ0v) is 5.91. The molecule has 0 spiro atoms. The molecular formula is C5H7ClOS. The van der Waals surface area contributed by atoms with Crippen molar-refractivity contribution in [1.29, 1.82) is 0 Å². The molecule has 0 aromatic rings. The molecule has 1 rings (SSSR count). The van der Waals surface area contributed by atoms with Gasteiger partial charge in [-0.25, -0.2) is 0 Å². The van der Waals surface area contributed by atoms with E-state index in [1.165, 1.54) is 0 Å². The number of carbonyl (C=O) groups excluding carboxylic acids is 1. The van der Waals surface area contributed by atoms with Gasteiger partial charge in [0.25, 0.3) is 0 Å². The highest BCUT2D eigenvalue weighted by atomic mass is 35.5. The molecule has 1 heterocycles. The molecule has 1 nitrogen and oxygen atoms in total. The van der Waals surface area contributed by atoms with Gasteiger partial charge < -0.3 is 4.79 Å². The summed E-state index contributed by atoms with van der Waals surface area (Å²) in [6.07, 6.45) is 1.92. The lowest BCUT2D eigenvalue weighted by Crippen LogP contribution is -2.11. The number of aldehydes is 1. The van der Waals surface area contributed by atoms with E-state index in [1.807, 2.05) is 0 Å². The molecule has 1 aliphatic heterocycles. The summed E-state index contributed by atoms with van der Waals surface area (Å²) in [5.41, 5.74) is 0. The van der Waals surface area contributed by atoms with Gasteiger partial charge in [-0.15, -0.1) is 23.4 Å². The number of thioether (sulfide) groups is 1. The van der Waals surface area contributed by atoms with E-state index < -0.39 is 0 Å². The molecule has 0 amide bonds. The Balaban J connectivity index is 2.41. The molecule has 46 valence electrons. The van der Waals surface area contributed by atoms with Crippen molar-refractivity contribution in [2.75, 3.05) is 5.75 Å². The summed E-state index contributed by atoms with van der Waals surface area (Å²) in [6.45, 7) is 0. The first-order chi connectivity index (χ1) is 3.84. The average molecular weight is 151 g/mol. The molecule has 2 unspecified atom stereocenters. The van der Waals surface area contributed by atoms with Crippen LogP contribution in [0.5, 0.6) is 0 Å². The van der Waals surface area contributed by atoms with Gasteiger partial charge in [-0.1, -0.05) is 0 Å². The van der Waals surface area contributed by atoms with Gasteiger partial charge in [-0.2, -0.15) is 0 Å². The smallest absolute Gasteiger partial charge is 0.134 e. The Morgan fingerprint density at radius 3 is 2.75 bits per heavy atom. The molecule has 0 aromatic heterocycles. The molecule has 3 heteroatoms. The Hall–Kier alpha value is 0.310. The minimum absolute atomic E-state index is 0.0664. The van der Waals surface area contributed by atoms with Crippen LogP contribution in [0.2, 0.25) is 0 Å². The fourth-order valence-corrected chi connectivity index (χ4v) is 2.31. The standard InChI is InChI=1S/C5H7ClOS/c6-4-1-2-8-5(4)3-7/h3-5H,1-2H2. The number of alkyl halides is 1. The molecule has 8 heavy (non-hydrogen) atoms. The number of halogens is 1. The normalized spacial score (nSPS) is 37.6. The van der Waals surface area contributed by atoms with E-state index in [0.717, 1.165) is 18.5 Å². The van der Waals surface area contributed by atoms with Crippen molar-refractivity contribution in [3.05, 3.63) is 0 Å². The van der Waals surface area contributed by atoms with E-state index in [0.29, 0.717) is 0 Å². The molecule has 0 bridgehead atoms. The molecule has 0 saturated carbocycles. The van der Waals surface area contributed by atoms with Crippen LogP contribution in [-0.4, -0.2) is 22.7 Å².